The first-order valence-corrected chi connectivity index (χ1v) is 5.12. The van der Waals surface area contributed by atoms with Gasteiger partial charge in [0.1, 0.15) is 0 Å². The van der Waals surface area contributed by atoms with E-state index in [1.807, 2.05) is 13.8 Å². The summed E-state index contributed by atoms with van der Waals surface area (Å²) in [6, 6.07) is 0. The Morgan fingerprint density at radius 3 is 2.73 bits per heavy atom. The van der Waals surface area contributed by atoms with Crippen molar-refractivity contribution in [2.24, 2.45) is 4.99 Å². The van der Waals surface area contributed by atoms with Gasteiger partial charge in [-0.25, -0.2) is 14.6 Å². The van der Waals surface area contributed by atoms with Crippen molar-refractivity contribution in [3.63, 3.8) is 0 Å². The minimum Gasteiger partial charge on any atom is -0.462 e. The van der Waals surface area contributed by atoms with Gasteiger partial charge in [-0.2, -0.15) is 0 Å². The summed E-state index contributed by atoms with van der Waals surface area (Å²) in [7, 11) is 0. The molecule has 0 unspecified atom stereocenters. The number of hydrogen-bond acceptors (Lipinski definition) is 4. The Kier molecular flexibility index (Phi) is 8.30. The van der Waals surface area contributed by atoms with Gasteiger partial charge in [0.25, 0.3) is 0 Å². The molecular formula is C11H17NO3. The predicted octanol–water partition coefficient (Wildman–Crippen LogP) is 2.00. The fraction of sp³-hybridized carbons (Fsp3) is 0.636. The number of carbonyl (C=O) groups is 1. The highest BCUT2D eigenvalue weighted by molar-refractivity contribution is 5.88. The van der Waals surface area contributed by atoms with Gasteiger partial charge in [0, 0.05) is 5.57 Å². The van der Waals surface area contributed by atoms with Gasteiger partial charge in [0.05, 0.1) is 13.2 Å². The van der Waals surface area contributed by atoms with Crippen LogP contribution in [0.2, 0.25) is 0 Å². The molecule has 0 aromatic carbocycles. The zero-order chi connectivity index (χ0) is 11.5. The van der Waals surface area contributed by atoms with Gasteiger partial charge in [-0.05, 0) is 26.2 Å². The monoisotopic (exact) mass is 211 g/mol. The van der Waals surface area contributed by atoms with Crippen LogP contribution in [-0.2, 0) is 14.3 Å². The number of allylic oxidation sites excluding steroid dienone is 1. The van der Waals surface area contributed by atoms with Gasteiger partial charge < -0.3 is 4.74 Å². The Morgan fingerprint density at radius 2 is 2.20 bits per heavy atom. The molecule has 0 bridgehead atoms. The molecule has 0 saturated heterocycles. The SMILES string of the molecule is C/C=C(\CC)C(=O)OCCCCN=C=O. The van der Waals surface area contributed by atoms with Crippen molar-refractivity contribution in [3.8, 4) is 0 Å². The Labute approximate surface area is 90.0 Å². The molecule has 0 aliphatic rings. The normalized spacial score (nSPS) is 10.7. The van der Waals surface area contributed by atoms with Crippen LogP contribution in [-0.4, -0.2) is 25.2 Å². The lowest BCUT2D eigenvalue weighted by Gasteiger charge is -2.05. The molecule has 4 nitrogen and oxygen atoms in total. The molecule has 0 aromatic rings. The first kappa shape index (κ1) is 13.6. The van der Waals surface area contributed by atoms with Crippen LogP contribution in [0.25, 0.3) is 0 Å². The van der Waals surface area contributed by atoms with E-state index in [9.17, 15) is 9.59 Å². The van der Waals surface area contributed by atoms with Crippen LogP contribution in [0.15, 0.2) is 16.6 Å². The lowest BCUT2D eigenvalue weighted by Crippen LogP contribution is -2.08. The third kappa shape index (κ3) is 6.63. The second kappa shape index (κ2) is 9.16. The van der Waals surface area contributed by atoms with Gasteiger partial charge >= 0.3 is 5.97 Å². The van der Waals surface area contributed by atoms with Crippen LogP contribution in [0.4, 0.5) is 0 Å². The zero-order valence-corrected chi connectivity index (χ0v) is 9.28. The van der Waals surface area contributed by atoms with Gasteiger partial charge in [-0.1, -0.05) is 13.0 Å². The molecule has 4 heteroatoms. The van der Waals surface area contributed by atoms with E-state index < -0.39 is 0 Å². The van der Waals surface area contributed by atoms with Crippen LogP contribution >= 0.6 is 0 Å². The van der Waals surface area contributed by atoms with Crippen molar-refractivity contribution < 1.29 is 14.3 Å². The number of isocyanates is 1. The van der Waals surface area contributed by atoms with Gasteiger partial charge in [-0.15, -0.1) is 0 Å². The summed E-state index contributed by atoms with van der Waals surface area (Å²) in [5.41, 5.74) is 0.695. The number of aliphatic imine (C=N–C) groups is 1. The van der Waals surface area contributed by atoms with E-state index in [2.05, 4.69) is 4.99 Å². The molecule has 0 fully saturated rings. The van der Waals surface area contributed by atoms with Crippen molar-refractivity contribution in [1.29, 1.82) is 0 Å². The largest absolute Gasteiger partial charge is 0.462 e. The number of carbonyl (C=O) groups excluding carboxylic acids is 2. The van der Waals surface area contributed by atoms with Crippen LogP contribution in [0.1, 0.15) is 33.1 Å². The molecule has 0 aliphatic heterocycles. The summed E-state index contributed by atoms with van der Waals surface area (Å²) >= 11 is 0. The Morgan fingerprint density at radius 1 is 1.47 bits per heavy atom. The fourth-order valence-electron chi connectivity index (χ4n) is 1.06. The lowest BCUT2D eigenvalue weighted by molar-refractivity contribution is -0.139. The standard InChI is InChI=1S/C11H17NO3/c1-3-10(4-2)11(14)15-8-6-5-7-12-9-13/h3H,4-8H2,1-2H3/b10-3+. The summed E-state index contributed by atoms with van der Waals surface area (Å²) in [6.45, 7) is 4.56. The smallest absolute Gasteiger partial charge is 0.333 e. The average molecular weight is 211 g/mol. The number of hydrogen-bond donors (Lipinski definition) is 0. The average Bonchev–Trinajstić information content (AvgIpc) is 2.25. The fourth-order valence-corrected chi connectivity index (χ4v) is 1.06. The van der Waals surface area contributed by atoms with Crippen LogP contribution in [0.5, 0.6) is 0 Å². The van der Waals surface area contributed by atoms with E-state index in [0.29, 0.717) is 25.1 Å². The van der Waals surface area contributed by atoms with Crippen LogP contribution in [0.3, 0.4) is 0 Å². The summed E-state index contributed by atoms with van der Waals surface area (Å²) in [5, 5.41) is 0. The zero-order valence-electron chi connectivity index (χ0n) is 9.28. The molecule has 0 N–H and O–H groups in total. The third-order valence-corrected chi connectivity index (χ3v) is 1.95. The van der Waals surface area contributed by atoms with Crippen LogP contribution < -0.4 is 0 Å². The summed E-state index contributed by atoms with van der Waals surface area (Å²) in [6.07, 6.45) is 5.37. The minimum absolute atomic E-state index is 0.251. The number of rotatable bonds is 7. The number of esters is 1. The molecule has 0 spiro atoms. The second-order valence-corrected chi connectivity index (χ2v) is 2.98. The topological polar surface area (TPSA) is 55.7 Å². The highest BCUT2D eigenvalue weighted by Crippen LogP contribution is 2.03. The van der Waals surface area contributed by atoms with Crippen molar-refractivity contribution in [2.75, 3.05) is 13.2 Å². The highest BCUT2D eigenvalue weighted by Gasteiger charge is 2.06. The van der Waals surface area contributed by atoms with Gasteiger partial charge in [0.15, 0.2) is 0 Å². The molecule has 0 atom stereocenters. The highest BCUT2D eigenvalue weighted by atomic mass is 16.5. The molecule has 0 aromatic heterocycles. The number of nitrogens with zero attached hydrogens (tertiary/aromatic N) is 1. The predicted molar refractivity (Wildman–Crippen MR) is 57.2 cm³/mol. The molecule has 0 amide bonds. The van der Waals surface area contributed by atoms with E-state index in [1.54, 1.807) is 6.08 Å². The molecule has 0 heterocycles. The third-order valence-electron chi connectivity index (χ3n) is 1.95. The second-order valence-electron chi connectivity index (χ2n) is 2.98. The summed E-state index contributed by atoms with van der Waals surface area (Å²) in [5.74, 6) is -0.251. The molecule has 0 aliphatic carbocycles. The van der Waals surface area contributed by atoms with Crippen molar-refractivity contribution in [2.45, 2.75) is 33.1 Å². The van der Waals surface area contributed by atoms with E-state index in [1.165, 1.54) is 6.08 Å². The van der Waals surface area contributed by atoms with E-state index in [0.717, 1.165) is 12.8 Å². The molecular weight excluding hydrogens is 194 g/mol. The molecule has 84 valence electrons. The van der Waals surface area contributed by atoms with Crippen molar-refractivity contribution in [1.82, 2.24) is 0 Å². The minimum atomic E-state index is -0.251. The molecule has 0 saturated carbocycles. The maximum atomic E-state index is 11.3. The van der Waals surface area contributed by atoms with Crippen molar-refractivity contribution in [3.05, 3.63) is 11.6 Å². The van der Waals surface area contributed by atoms with Crippen molar-refractivity contribution >= 4 is 12.0 Å². The first-order chi connectivity index (χ1) is 7.26. The quantitative estimate of drug-likeness (QED) is 0.213. The van der Waals surface area contributed by atoms with Gasteiger partial charge in [-0.3, -0.25) is 0 Å². The van der Waals surface area contributed by atoms with E-state index in [4.69, 9.17) is 4.74 Å². The maximum Gasteiger partial charge on any atom is 0.333 e. The molecule has 0 radical (unpaired) electrons. The number of ether oxygens (including phenoxy) is 1. The molecule has 15 heavy (non-hydrogen) atoms. The van der Waals surface area contributed by atoms with Crippen LogP contribution in [0, 0.1) is 0 Å². The lowest BCUT2D eigenvalue weighted by atomic mass is 10.2. The van der Waals surface area contributed by atoms with Gasteiger partial charge in [0.2, 0.25) is 6.08 Å². The summed E-state index contributed by atoms with van der Waals surface area (Å²) in [4.78, 5) is 24.4. The Hall–Kier alpha value is -1.41. The summed E-state index contributed by atoms with van der Waals surface area (Å²) < 4.78 is 5.02. The first-order valence-electron chi connectivity index (χ1n) is 5.12. The van der Waals surface area contributed by atoms with E-state index >= 15 is 0 Å². The molecule has 0 rings (SSSR count). The Bertz CT molecular complexity index is 265. The number of unbranched alkanes of at least 4 members (excludes halogenated alkanes) is 1. The van der Waals surface area contributed by atoms with E-state index in [-0.39, 0.29) is 5.97 Å². The maximum absolute atomic E-state index is 11.3. The Balaban J connectivity index is 3.59.